The van der Waals surface area contributed by atoms with Crippen molar-refractivity contribution in [1.29, 1.82) is 0 Å². The molecule has 2 aliphatic heterocycles. The second kappa shape index (κ2) is 5.33. The van der Waals surface area contributed by atoms with E-state index in [1.165, 1.54) is 0 Å². The summed E-state index contributed by atoms with van der Waals surface area (Å²) < 4.78 is 4.93. The van der Waals surface area contributed by atoms with E-state index in [4.69, 9.17) is 9.84 Å². The fourth-order valence-corrected chi connectivity index (χ4v) is 2.21. The van der Waals surface area contributed by atoms with Crippen molar-refractivity contribution in [1.82, 2.24) is 15.1 Å². The summed E-state index contributed by atoms with van der Waals surface area (Å²) in [5.41, 5.74) is 0. The van der Waals surface area contributed by atoms with Crippen LogP contribution in [0, 0.1) is 0 Å². The van der Waals surface area contributed by atoms with E-state index in [0.29, 0.717) is 13.1 Å². The lowest BCUT2D eigenvalue weighted by atomic mass is 10.2. The third-order valence-electron chi connectivity index (χ3n) is 3.03. The summed E-state index contributed by atoms with van der Waals surface area (Å²) in [5.74, 6) is -0.987. The first-order valence-corrected chi connectivity index (χ1v) is 5.74. The van der Waals surface area contributed by atoms with Crippen molar-refractivity contribution in [3.05, 3.63) is 0 Å². The first-order valence-electron chi connectivity index (χ1n) is 5.74. The Hall–Kier alpha value is -1.34. The first-order chi connectivity index (χ1) is 8.18. The van der Waals surface area contributed by atoms with E-state index < -0.39 is 5.97 Å². The van der Waals surface area contributed by atoms with Crippen molar-refractivity contribution in [3.8, 4) is 0 Å². The van der Waals surface area contributed by atoms with Crippen LogP contribution in [-0.2, 0) is 9.53 Å². The maximum atomic E-state index is 11.9. The molecular formula is C10H17N3O4. The van der Waals surface area contributed by atoms with Gasteiger partial charge < -0.3 is 25.0 Å². The molecule has 2 saturated heterocycles. The minimum Gasteiger partial charge on any atom is -0.480 e. The number of carboxylic acids is 1. The van der Waals surface area contributed by atoms with Crippen LogP contribution in [0.3, 0.4) is 0 Å². The van der Waals surface area contributed by atoms with Gasteiger partial charge in [0.15, 0.2) is 0 Å². The van der Waals surface area contributed by atoms with Crippen LogP contribution in [0.15, 0.2) is 0 Å². The quantitative estimate of drug-likeness (QED) is 0.593. The van der Waals surface area contributed by atoms with Gasteiger partial charge in [-0.15, -0.1) is 0 Å². The third-order valence-corrected chi connectivity index (χ3v) is 3.03. The summed E-state index contributed by atoms with van der Waals surface area (Å²) in [6, 6.07) is 0.283. The van der Waals surface area contributed by atoms with E-state index in [0.717, 1.165) is 19.6 Å². The molecule has 2 fully saturated rings. The van der Waals surface area contributed by atoms with Gasteiger partial charge in [-0.25, -0.2) is 9.59 Å². The van der Waals surface area contributed by atoms with Gasteiger partial charge in [0, 0.05) is 32.7 Å². The Kier molecular flexibility index (Phi) is 3.80. The Morgan fingerprint density at radius 3 is 3.12 bits per heavy atom. The number of carbonyl (C=O) groups excluding carboxylic acids is 1. The molecule has 2 aliphatic rings. The fourth-order valence-electron chi connectivity index (χ4n) is 2.21. The number of aliphatic carboxylic acids is 1. The molecule has 0 aliphatic carbocycles. The lowest BCUT2D eigenvalue weighted by Gasteiger charge is -2.28. The standard InChI is InChI=1S/C10H17N3O4/c14-9(15)7-17-4-3-12-6-8-5-11-1-2-13(8)10(12)16/h8,11H,1-7H2,(H,14,15)/t8-/m0/s1. The molecule has 0 aromatic rings. The highest BCUT2D eigenvalue weighted by molar-refractivity contribution is 5.77. The predicted molar refractivity (Wildman–Crippen MR) is 58.8 cm³/mol. The molecule has 0 bridgehead atoms. The SMILES string of the molecule is O=C(O)COCCN1C[C@@H]2CNCCN2C1=O. The van der Waals surface area contributed by atoms with Gasteiger partial charge in [-0.3, -0.25) is 0 Å². The number of carboxylic acid groups (broad SMARTS) is 1. The number of amides is 2. The molecule has 0 unspecified atom stereocenters. The maximum Gasteiger partial charge on any atom is 0.329 e. The number of fused-ring (bicyclic) bond motifs is 1. The van der Waals surface area contributed by atoms with E-state index in [9.17, 15) is 9.59 Å². The Morgan fingerprint density at radius 1 is 1.59 bits per heavy atom. The zero-order chi connectivity index (χ0) is 12.3. The van der Waals surface area contributed by atoms with E-state index in [2.05, 4.69) is 5.32 Å². The monoisotopic (exact) mass is 243 g/mol. The molecule has 0 aromatic heterocycles. The number of hydrogen-bond donors (Lipinski definition) is 2. The zero-order valence-electron chi connectivity index (χ0n) is 9.59. The number of hydrogen-bond acceptors (Lipinski definition) is 4. The van der Waals surface area contributed by atoms with Crippen molar-refractivity contribution in [3.63, 3.8) is 0 Å². The van der Waals surface area contributed by atoms with Gasteiger partial charge in [-0.05, 0) is 0 Å². The fraction of sp³-hybridized carbons (Fsp3) is 0.800. The smallest absolute Gasteiger partial charge is 0.329 e. The van der Waals surface area contributed by atoms with Crippen LogP contribution < -0.4 is 5.32 Å². The van der Waals surface area contributed by atoms with Crippen LogP contribution in [0.2, 0.25) is 0 Å². The van der Waals surface area contributed by atoms with Crippen molar-refractivity contribution in [2.24, 2.45) is 0 Å². The van der Waals surface area contributed by atoms with E-state index in [1.807, 2.05) is 4.90 Å². The summed E-state index contributed by atoms with van der Waals surface area (Å²) in [6.45, 7) is 3.53. The molecule has 96 valence electrons. The molecule has 2 rings (SSSR count). The highest BCUT2D eigenvalue weighted by Gasteiger charge is 2.37. The topological polar surface area (TPSA) is 82.1 Å². The third kappa shape index (κ3) is 2.86. The van der Waals surface area contributed by atoms with Crippen molar-refractivity contribution < 1.29 is 19.4 Å². The highest BCUT2D eigenvalue weighted by atomic mass is 16.5. The average Bonchev–Trinajstić information content (AvgIpc) is 2.63. The second-order valence-corrected chi connectivity index (χ2v) is 4.23. The largest absolute Gasteiger partial charge is 0.480 e. The molecule has 17 heavy (non-hydrogen) atoms. The van der Waals surface area contributed by atoms with Gasteiger partial charge >= 0.3 is 12.0 Å². The van der Waals surface area contributed by atoms with Crippen LogP contribution in [0.5, 0.6) is 0 Å². The van der Waals surface area contributed by atoms with Gasteiger partial charge in [0.05, 0.1) is 12.6 Å². The molecule has 0 spiro atoms. The van der Waals surface area contributed by atoms with Gasteiger partial charge in [0.2, 0.25) is 0 Å². The van der Waals surface area contributed by atoms with Crippen LogP contribution in [0.4, 0.5) is 4.79 Å². The van der Waals surface area contributed by atoms with Crippen molar-refractivity contribution in [2.45, 2.75) is 6.04 Å². The number of ether oxygens (including phenoxy) is 1. The molecule has 2 heterocycles. The van der Waals surface area contributed by atoms with Gasteiger partial charge in [-0.1, -0.05) is 0 Å². The van der Waals surface area contributed by atoms with E-state index >= 15 is 0 Å². The van der Waals surface area contributed by atoms with Crippen LogP contribution in [-0.4, -0.2) is 78.9 Å². The molecule has 0 radical (unpaired) electrons. The maximum absolute atomic E-state index is 11.9. The highest BCUT2D eigenvalue weighted by Crippen LogP contribution is 2.16. The first kappa shape index (κ1) is 12.1. The summed E-state index contributed by atoms with van der Waals surface area (Å²) in [5, 5.41) is 11.7. The molecule has 7 nitrogen and oxygen atoms in total. The minimum atomic E-state index is -0.987. The molecular weight excluding hydrogens is 226 g/mol. The molecule has 7 heteroatoms. The molecule has 2 N–H and O–H groups in total. The minimum absolute atomic E-state index is 0.0374. The summed E-state index contributed by atoms with van der Waals surface area (Å²) in [4.78, 5) is 25.8. The zero-order valence-corrected chi connectivity index (χ0v) is 9.59. The normalized spacial score (nSPS) is 24.0. The lowest BCUT2D eigenvalue weighted by molar-refractivity contribution is -0.142. The predicted octanol–water partition coefficient (Wildman–Crippen LogP) is -1.20. The number of piperazine rings is 1. The van der Waals surface area contributed by atoms with Crippen LogP contribution >= 0.6 is 0 Å². The van der Waals surface area contributed by atoms with Gasteiger partial charge in [0.25, 0.3) is 0 Å². The average molecular weight is 243 g/mol. The summed E-state index contributed by atoms with van der Waals surface area (Å²) >= 11 is 0. The molecule has 0 aromatic carbocycles. The van der Waals surface area contributed by atoms with Crippen LogP contribution in [0.1, 0.15) is 0 Å². The van der Waals surface area contributed by atoms with Gasteiger partial charge in [0.1, 0.15) is 6.61 Å². The molecule has 1 atom stereocenters. The van der Waals surface area contributed by atoms with Crippen molar-refractivity contribution >= 4 is 12.0 Å². The Bertz CT molecular complexity index is 310. The van der Waals surface area contributed by atoms with Gasteiger partial charge in [-0.2, -0.15) is 0 Å². The molecule has 2 amide bonds. The Labute approximate surface area is 99.3 Å². The number of nitrogens with zero attached hydrogens (tertiary/aromatic N) is 2. The molecule has 0 saturated carbocycles. The second-order valence-electron chi connectivity index (χ2n) is 4.23. The lowest BCUT2D eigenvalue weighted by Crippen LogP contribution is -2.49. The Balaban J connectivity index is 1.74. The van der Waals surface area contributed by atoms with E-state index in [1.54, 1.807) is 4.90 Å². The number of rotatable bonds is 5. The van der Waals surface area contributed by atoms with Crippen LogP contribution in [0.25, 0.3) is 0 Å². The number of urea groups is 1. The number of carbonyl (C=O) groups is 2. The van der Waals surface area contributed by atoms with Crippen molar-refractivity contribution in [2.75, 3.05) is 45.9 Å². The summed E-state index contributed by atoms with van der Waals surface area (Å²) in [7, 11) is 0. The van der Waals surface area contributed by atoms with E-state index in [-0.39, 0.29) is 25.3 Å². The number of nitrogens with one attached hydrogen (secondary N) is 1. The Morgan fingerprint density at radius 2 is 2.41 bits per heavy atom. The summed E-state index contributed by atoms with van der Waals surface area (Å²) in [6.07, 6.45) is 0.